The first-order valence-electron chi connectivity index (χ1n) is 5.91. The molecule has 0 aliphatic carbocycles. The van der Waals surface area contributed by atoms with Crippen molar-refractivity contribution in [3.05, 3.63) is 34.9 Å². The Labute approximate surface area is 98.8 Å². The van der Waals surface area contributed by atoms with E-state index in [-0.39, 0.29) is 6.04 Å². The molecule has 0 heterocycles. The number of aryl methyl sites for hydroxylation is 2. The second-order valence-corrected chi connectivity index (χ2v) is 4.90. The Morgan fingerprint density at radius 3 is 2.50 bits per heavy atom. The van der Waals surface area contributed by atoms with E-state index < -0.39 is 0 Å². The molecule has 1 aromatic carbocycles. The summed E-state index contributed by atoms with van der Waals surface area (Å²) in [5.74, 6) is 0.561. The summed E-state index contributed by atoms with van der Waals surface area (Å²) >= 11 is 0. The van der Waals surface area contributed by atoms with E-state index in [1.165, 1.54) is 16.7 Å². The van der Waals surface area contributed by atoms with Crippen LogP contribution in [0, 0.1) is 19.8 Å². The Kier molecular flexibility index (Phi) is 4.97. The average Bonchev–Trinajstić information content (AvgIpc) is 2.21. The van der Waals surface area contributed by atoms with Gasteiger partial charge >= 0.3 is 0 Å². The first kappa shape index (κ1) is 13.2. The smallest absolute Gasteiger partial charge is 0.0659 e. The fourth-order valence-electron chi connectivity index (χ4n) is 1.68. The molecule has 0 aliphatic rings. The third-order valence-electron chi connectivity index (χ3n) is 2.58. The standard InChI is InChI=1S/C14H23NO/c1-10(2)8-16-9-14(15)13-7-11(3)5-6-12(13)4/h5-7,10,14H,8-9,15H2,1-4H3. The van der Waals surface area contributed by atoms with Crippen molar-refractivity contribution in [1.29, 1.82) is 0 Å². The van der Waals surface area contributed by atoms with Gasteiger partial charge in [0, 0.05) is 6.61 Å². The van der Waals surface area contributed by atoms with Crippen LogP contribution in [-0.2, 0) is 4.74 Å². The van der Waals surface area contributed by atoms with Crippen molar-refractivity contribution in [2.24, 2.45) is 11.7 Å². The molecule has 16 heavy (non-hydrogen) atoms. The molecule has 1 atom stereocenters. The van der Waals surface area contributed by atoms with Crippen molar-refractivity contribution >= 4 is 0 Å². The Hall–Kier alpha value is -0.860. The van der Waals surface area contributed by atoms with E-state index >= 15 is 0 Å². The molecular formula is C14H23NO. The summed E-state index contributed by atoms with van der Waals surface area (Å²) in [4.78, 5) is 0. The lowest BCUT2D eigenvalue weighted by Crippen LogP contribution is -2.19. The molecule has 0 aromatic heterocycles. The summed E-state index contributed by atoms with van der Waals surface area (Å²) in [6.45, 7) is 9.84. The molecule has 0 spiro atoms. The number of hydrogen-bond acceptors (Lipinski definition) is 2. The predicted octanol–water partition coefficient (Wildman–Crippen LogP) is 2.98. The SMILES string of the molecule is Cc1ccc(C)c(C(N)COCC(C)C)c1. The lowest BCUT2D eigenvalue weighted by atomic mass is 10.00. The van der Waals surface area contributed by atoms with Crippen LogP contribution in [0.5, 0.6) is 0 Å². The van der Waals surface area contributed by atoms with Crippen molar-refractivity contribution < 1.29 is 4.74 Å². The number of benzene rings is 1. The molecule has 0 amide bonds. The van der Waals surface area contributed by atoms with Gasteiger partial charge in [-0.15, -0.1) is 0 Å². The van der Waals surface area contributed by atoms with Gasteiger partial charge in [-0.3, -0.25) is 0 Å². The van der Waals surface area contributed by atoms with Crippen LogP contribution in [-0.4, -0.2) is 13.2 Å². The van der Waals surface area contributed by atoms with Crippen molar-refractivity contribution in [3.8, 4) is 0 Å². The fraction of sp³-hybridized carbons (Fsp3) is 0.571. The minimum atomic E-state index is -0.0151. The van der Waals surface area contributed by atoms with E-state index in [4.69, 9.17) is 10.5 Å². The number of ether oxygens (including phenoxy) is 1. The zero-order valence-corrected chi connectivity index (χ0v) is 10.8. The van der Waals surface area contributed by atoms with E-state index in [1.807, 2.05) is 0 Å². The molecule has 0 saturated carbocycles. The van der Waals surface area contributed by atoms with E-state index in [2.05, 4.69) is 45.9 Å². The van der Waals surface area contributed by atoms with E-state index in [0.29, 0.717) is 12.5 Å². The van der Waals surface area contributed by atoms with Crippen molar-refractivity contribution in [1.82, 2.24) is 0 Å². The van der Waals surface area contributed by atoms with Gasteiger partial charge in [0.05, 0.1) is 12.6 Å². The quantitative estimate of drug-likeness (QED) is 0.829. The van der Waals surface area contributed by atoms with Crippen LogP contribution < -0.4 is 5.73 Å². The van der Waals surface area contributed by atoms with Crippen molar-refractivity contribution in [2.45, 2.75) is 33.7 Å². The lowest BCUT2D eigenvalue weighted by molar-refractivity contribution is 0.0982. The summed E-state index contributed by atoms with van der Waals surface area (Å²) in [6, 6.07) is 6.37. The third-order valence-corrected chi connectivity index (χ3v) is 2.58. The molecule has 90 valence electrons. The summed E-state index contributed by atoms with van der Waals surface area (Å²) in [6.07, 6.45) is 0. The Bertz CT molecular complexity index is 334. The maximum atomic E-state index is 6.13. The molecule has 2 N–H and O–H groups in total. The van der Waals surface area contributed by atoms with Crippen LogP contribution in [0.2, 0.25) is 0 Å². The van der Waals surface area contributed by atoms with Crippen LogP contribution >= 0.6 is 0 Å². The highest BCUT2D eigenvalue weighted by Gasteiger charge is 2.09. The zero-order chi connectivity index (χ0) is 12.1. The van der Waals surface area contributed by atoms with Crippen molar-refractivity contribution in [2.75, 3.05) is 13.2 Å². The van der Waals surface area contributed by atoms with Gasteiger partial charge in [-0.05, 0) is 30.9 Å². The van der Waals surface area contributed by atoms with Crippen LogP contribution in [0.1, 0.15) is 36.6 Å². The molecule has 0 saturated heterocycles. The van der Waals surface area contributed by atoms with E-state index in [0.717, 1.165) is 6.61 Å². The lowest BCUT2D eigenvalue weighted by Gasteiger charge is -2.16. The summed E-state index contributed by atoms with van der Waals surface area (Å²) in [5, 5.41) is 0. The van der Waals surface area contributed by atoms with Gasteiger partial charge in [-0.25, -0.2) is 0 Å². The van der Waals surface area contributed by atoms with Crippen LogP contribution in [0.3, 0.4) is 0 Å². The average molecular weight is 221 g/mol. The van der Waals surface area contributed by atoms with Gasteiger partial charge in [-0.2, -0.15) is 0 Å². The Morgan fingerprint density at radius 1 is 1.19 bits per heavy atom. The van der Waals surface area contributed by atoms with Crippen molar-refractivity contribution in [3.63, 3.8) is 0 Å². The molecule has 2 heteroatoms. The molecule has 0 bridgehead atoms. The molecular weight excluding hydrogens is 198 g/mol. The van der Waals surface area contributed by atoms with Gasteiger partial charge in [0.15, 0.2) is 0 Å². The minimum absolute atomic E-state index is 0.0151. The van der Waals surface area contributed by atoms with Crippen LogP contribution in [0.4, 0.5) is 0 Å². The van der Waals surface area contributed by atoms with Gasteiger partial charge < -0.3 is 10.5 Å². The zero-order valence-electron chi connectivity index (χ0n) is 10.8. The van der Waals surface area contributed by atoms with Gasteiger partial charge in [-0.1, -0.05) is 37.6 Å². The summed E-state index contributed by atoms with van der Waals surface area (Å²) in [5.41, 5.74) is 9.82. The highest BCUT2D eigenvalue weighted by molar-refractivity contribution is 5.32. The second kappa shape index (κ2) is 6.02. The Morgan fingerprint density at radius 2 is 1.88 bits per heavy atom. The molecule has 1 aromatic rings. The van der Waals surface area contributed by atoms with Gasteiger partial charge in [0.25, 0.3) is 0 Å². The highest BCUT2D eigenvalue weighted by Crippen LogP contribution is 2.17. The minimum Gasteiger partial charge on any atom is -0.379 e. The third kappa shape index (κ3) is 3.95. The van der Waals surface area contributed by atoms with E-state index in [1.54, 1.807) is 0 Å². The van der Waals surface area contributed by atoms with Gasteiger partial charge in [0.1, 0.15) is 0 Å². The molecule has 0 fully saturated rings. The topological polar surface area (TPSA) is 35.2 Å². The second-order valence-electron chi connectivity index (χ2n) is 4.90. The maximum absolute atomic E-state index is 6.13. The maximum Gasteiger partial charge on any atom is 0.0659 e. The van der Waals surface area contributed by atoms with E-state index in [9.17, 15) is 0 Å². The van der Waals surface area contributed by atoms with Crippen LogP contribution in [0.15, 0.2) is 18.2 Å². The summed E-state index contributed by atoms with van der Waals surface area (Å²) in [7, 11) is 0. The number of nitrogens with two attached hydrogens (primary N) is 1. The molecule has 1 rings (SSSR count). The number of hydrogen-bond donors (Lipinski definition) is 1. The molecule has 1 unspecified atom stereocenters. The van der Waals surface area contributed by atoms with Gasteiger partial charge in [0.2, 0.25) is 0 Å². The summed E-state index contributed by atoms with van der Waals surface area (Å²) < 4.78 is 5.58. The Balaban J connectivity index is 2.58. The molecule has 0 radical (unpaired) electrons. The predicted molar refractivity (Wildman–Crippen MR) is 68.5 cm³/mol. The monoisotopic (exact) mass is 221 g/mol. The largest absolute Gasteiger partial charge is 0.379 e. The first-order valence-corrected chi connectivity index (χ1v) is 5.91. The molecule has 2 nitrogen and oxygen atoms in total. The highest BCUT2D eigenvalue weighted by atomic mass is 16.5. The normalized spacial score (nSPS) is 13.1. The van der Waals surface area contributed by atoms with Crippen LogP contribution in [0.25, 0.3) is 0 Å². The fourth-order valence-corrected chi connectivity index (χ4v) is 1.68. The number of rotatable bonds is 5. The molecule has 0 aliphatic heterocycles. The first-order chi connectivity index (χ1) is 7.50.